The van der Waals surface area contributed by atoms with Gasteiger partial charge in [-0.1, -0.05) is 12.1 Å². The molecule has 23 heavy (non-hydrogen) atoms. The largest absolute Gasteiger partial charge is 0.382 e. The van der Waals surface area contributed by atoms with E-state index in [9.17, 15) is 0 Å². The second kappa shape index (κ2) is 5.36. The Labute approximate surface area is 137 Å². The fourth-order valence-corrected chi connectivity index (χ4v) is 4.07. The summed E-state index contributed by atoms with van der Waals surface area (Å²) in [7, 11) is 0. The SMILES string of the molecule is N/N=C(\N)c1ccc2c(c1)nc(N1CCC(N)C1)c1ccsc12. The van der Waals surface area contributed by atoms with Crippen molar-refractivity contribution in [2.75, 3.05) is 18.0 Å². The lowest BCUT2D eigenvalue weighted by atomic mass is 10.1. The lowest BCUT2D eigenvalue weighted by molar-refractivity contribution is 0.752. The van der Waals surface area contributed by atoms with Gasteiger partial charge in [-0.15, -0.1) is 11.3 Å². The van der Waals surface area contributed by atoms with Crippen LogP contribution in [0.4, 0.5) is 5.82 Å². The first-order valence-electron chi connectivity index (χ1n) is 7.52. The Morgan fingerprint density at radius 2 is 2.17 bits per heavy atom. The van der Waals surface area contributed by atoms with Gasteiger partial charge >= 0.3 is 0 Å². The van der Waals surface area contributed by atoms with E-state index in [2.05, 4.69) is 21.4 Å². The highest BCUT2D eigenvalue weighted by Gasteiger charge is 2.23. The molecule has 3 aromatic rings. The molecule has 2 aromatic heterocycles. The Kier molecular flexibility index (Phi) is 3.32. The summed E-state index contributed by atoms with van der Waals surface area (Å²) in [6, 6.07) is 8.26. The van der Waals surface area contributed by atoms with Crippen LogP contribution in [-0.4, -0.2) is 30.0 Å². The zero-order valence-electron chi connectivity index (χ0n) is 12.6. The van der Waals surface area contributed by atoms with Gasteiger partial charge in [0.15, 0.2) is 0 Å². The number of hydrogen-bond acceptors (Lipinski definition) is 6. The van der Waals surface area contributed by atoms with Gasteiger partial charge in [0.05, 0.1) is 5.52 Å². The molecule has 7 heteroatoms. The maximum atomic E-state index is 6.06. The minimum Gasteiger partial charge on any atom is -0.382 e. The van der Waals surface area contributed by atoms with Crippen LogP contribution < -0.4 is 22.2 Å². The molecule has 1 unspecified atom stereocenters. The lowest BCUT2D eigenvalue weighted by Gasteiger charge is -2.19. The van der Waals surface area contributed by atoms with Crippen molar-refractivity contribution < 1.29 is 0 Å². The second-order valence-corrected chi connectivity index (χ2v) is 6.76. The van der Waals surface area contributed by atoms with Gasteiger partial charge < -0.3 is 22.2 Å². The van der Waals surface area contributed by atoms with Gasteiger partial charge in [-0.2, -0.15) is 5.10 Å². The molecule has 6 nitrogen and oxygen atoms in total. The van der Waals surface area contributed by atoms with E-state index in [1.807, 2.05) is 18.2 Å². The molecule has 3 heterocycles. The average molecular weight is 326 g/mol. The topological polar surface area (TPSA) is 107 Å². The number of amidine groups is 1. The Balaban J connectivity index is 1.95. The molecular formula is C16H18N6S. The van der Waals surface area contributed by atoms with Crippen LogP contribution in [0.25, 0.3) is 21.0 Å². The minimum atomic E-state index is 0.215. The van der Waals surface area contributed by atoms with Crippen LogP contribution in [0.2, 0.25) is 0 Å². The molecule has 0 radical (unpaired) electrons. The number of thiophene rings is 1. The Hall–Kier alpha value is -2.38. The summed E-state index contributed by atoms with van der Waals surface area (Å²) in [6.07, 6.45) is 0.998. The third kappa shape index (κ3) is 2.29. The first-order valence-corrected chi connectivity index (χ1v) is 8.40. The number of fused-ring (bicyclic) bond motifs is 3. The molecule has 0 saturated carbocycles. The van der Waals surface area contributed by atoms with Gasteiger partial charge in [-0.05, 0) is 23.9 Å². The number of pyridine rings is 1. The molecule has 1 atom stereocenters. The molecule has 1 aromatic carbocycles. The van der Waals surface area contributed by atoms with E-state index in [-0.39, 0.29) is 6.04 Å². The number of aromatic nitrogens is 1. The maximum Gasteiger partial charge on any atom is 0.150 e. The number of anilines is 1. The Morgan fingerprint density at radius 3 is 2.91 bits per heavy atom. The molecule has 1 aliphatic heterocycles. The van der Waals surface area contributed by atoms with Crippen LogP contribution in [0.1, 0.15) is 12.0 Å². The van der Waals surface area contributed by atoms with Crippen LogP contribution in [-0.2, 0) is 0 Å². The molecule has 0 bridgehead atoms. The molecule has 1 saturated heterocycles. The van der Waals surface area contributed by atoms with Gasteiger partial charge in [-0.25, -0.2) is 4.98 Å². The van der Waals surface area contributed by atoms with Crippen LogP contribution >= 0.6 is 11.3 Å². The number of rotatable bonds is 2. The minimum absolute atomic E-state index is 0.215. The van der Waals surface area contributed by atoms with Crippen LogP contribution in [0.15, 0.2) is 34.7 Å². The third-order valence-corrected chi connectivity index (χ3v) is 5.28. The Morgan fingerprint density at radius 1 is 1.30 bits per heavy atom. The monoisotopic (exact) mass is 326 g/mol. The van der Waals surface area contributed by atoms with E-state index in [0.29, 0.717) is 5.84 Å². The number of nitrogens with zero attached hydrogens (tertiary/aromatic N) is 3. The van der Waals surface area contributed by atoms with Gasteiger partial charge in [0.2, 0.25) is 0 Å². The lowest BCUT2D eigenvalue weighted by Crippen LogP contribution is -2.27. The van der Waals surface area contributed by atoms with E-state index in [0.717, 1.165) is 41.8 Å². The van der Waals surface area contributed by atoms with Gasteiger partial charge in [0.1, 0.15) is 11.7 Å². The number of hydrogen-bond donors (Lipinski definition) is 3. The van der Waals surface area contributed by atoms with Crippen LogP contribution in [0.3, 0.4) is 0 Å². The first kappa shape index (κ1) is 14.2. The van der Waals surface area contributed by atoms with Crippen molar-refractivity contribution in [2.45, 2.75) is 12.5 Å². The fraction of sp³-hybridized carbons (Fsp3) is 0.250. The molecule has 4 rings (SSSR count). The predicted molar refractivity (Wildman–Crippen MR) is 96.8 cm³/mol. The van der Waals surface area contributed by atoms with E-state index < -0.39 is 0 Å². The quantitative estimate of drug-likeness (QED) is 0.287. The molecule has 1 fully saturated rings. The van der Waals surface area contributed by atoms with Crippen molar-refractivity contribution in [3.8, 4) is 0 Å². The number of benzene rings is 1. The summed E-state index contributed by atoms with van der Waals surface area (Å²) in [6.45, 7) is 1.78. The summed E-state index contributed by atoms with van der Waals surface area (Å²) in [5.41, 5.74) is 13.6. The van der Waals surface area contributed by atoms with Crippen molar-refractivity contribution in [3.05, 3.63) is 35.2 Å². The van der Waals surface area contributed by atoms with Gasteiger partial charge in [-0.3, -0.25) is 0 Å². The second-order valence-electron chi connectivity index (χ2n) is 5.84. The van der Waals surface area contributed by atoms with Crippen molar-refractivity contribution in [3.63, 3.8) is 0 Å². The van der Waals surface area contributed by atoms with E-state index in [1.165, 1.54) is 10.1 Å². The molecule has 0 amide bonds. The van der Waals surface area contributed by atoms with E-state index in [4.69, 9.17) is 22.3 Å². The highest BCUT2D eigenvalue weighted by Crippen LogP contribution is 2.36. The van der Waals surface area contributed by atoms with Gasteiger partial charge in [0.25, 0.3) is 0 Å². The molecular weight excluding hydrogens is 308 g/mol. The molecule has 1 aliphatic rings. The number of nitrogens with two attached hydrogens (primary N) is 3. The summed E-state index contributed by atoms with van der Waals surface area (Å²) >= 11 is 1.73. The van der Waals surface area contributed by atoms with Crippen molar-refractivity contribution in [1.29, 1.82) is 0 Å². The molecule has 118 valence electrons. The molecule has 0 spiro atoms. The first-order chi connectivity index (χ1) is 11.2. The van der Waals surface area contributed by atoms with Crippen molar-refractivity contribution >= 4 is 44.0 Å². The third-order valence-electron chi connectivity index (χ3n) is 4.33. The van der Waals surface area contributed by atoms with E-state index in [1.54, 1.807) is 11.3 Å². The smallest absolute Gasteiger partial charge is 0.150 e. The van der Waals surface area contributed by atoms with Gasteiger partial charge in [0, 0.05) is 40.2 Å². The number of hydrazone groups is 1. The normalized spacial score (nSPS) is 19.1. The van der Waals surface area contributed by atoms with Crippen LogP contribution in [0, 0.1) is 0 Å². The summed E-state index contributed by atoms with van der Waals surface area (Å²) < 4.78 is 1.24. The summed E-state index contributed by atoms with van der Waals surface area (Å²) in [5, 5.41) is 7.98. The van der Waals surface area contributed by atoms with Crippen molar-refractivity contribution in [2.24, 2.45) is 22.4 Å². The highest BCUT2D eigenvalue weighted by molar-refractivity contribution is 7.18. The fourth-order valence-electron chi connectivity index (χ4n) is 3.14. The Bertz CT molecular complexity index is 915. The highest BCUT2D eigenvalue weighted by atomic mass is 32.1. The summed E-state index contributed by atoms with van der Waals surface area (Å²) in [4.78, 5) is 7.17. The maximum absolute atomic E-state index is 6.06. The predicted octanol–water partition coefficient (Wildman–Crippen LogP) is 1.57. The molecule has 0 aliphatic carbocycles. The van der Waals surface area contributed by atoms with Crippen LogP contribution in [0.5, 0.6) is 0 Å². The average Bonchev–Trinajstić information content (AvgIpc) is 3.21. The van der Waals surface area contributed by atoms with Crippen molar-refractivity contribution in [1.82, 2.24) is 4.98 Å². The molecule has 6 N–H and O–H groups in total. The summed E-state index contributed by atoms with van der Waals surface area (Å²) in [5.74, 6) is 6.60. The standard InChI is InChI=1S/C16H18N6S/c17-10-3-5-22(8-10)16-12-4-6-23-14(12)11-2-1-9(15(18)21-19)7-13(11)20-16/h1-2,4,6-7,10H,3,5,8,17,19H2,(H2,18,21). The zero-order valence-corrected chi connectivity index (χ0v) is 13.4. The zero-order chi connectivity index (χ0) is 16.0. The van der Waals surface area contributed by atoms with E-state index >= 15 is 0 Å².